The molecule has 3 aromatic rings. The fourth-order valence-electron chi connectivity index (χ4n) is 3.61. The molecule has 0 bridgehead atoms. The molecule has 0 fully saturated rings. The van der Waals surface area contributed by atoms with Crippen molar-refractivity contribution in [2.75, 3.05) is 0 Å². The van der Waals surface area contributed by atoms with Gasteiger partial charge in [-0.2, -0.15) is 13.2 Å². The number of nitrogens with zero attached hydrogens (tertiary/aromatic N) is 2. The van der Waals surface area contributed by atoms with Gasteiger partial charge < -0.3 is 4.74 Å². The second kappa shape index (κ2) is 7.93. The molecule has 0 amide bonds. The number of carbonyl (C=O) groups excluding carboxylic acids is 1. The van der Waals surface area contributed by atoms with Crippen LogP contribution in [0.25, 0.3) is 10.9 Å². The molecule has 0 N–H and O–H groups in total. The highest BCUT2D eigenvalue weighted by Crippen LogP contribution is 2.29. The van der Waals surface area contributed by atoms with Crippen LogP contribution in [0.2, 0.25) is 0 Å². The van der Waals surface area contributed by atoms with Crippen LogP contribution in [0.4, 0.5) is 13.2 Å². The summed E-state index contributed by atoms with van der Waals surface area (Å²) in [6.45, 7) is 0.346. The molecule has 1 aliphatic heterocycles. The lowest BCUT2D eigenvalue weighted by Gasteiger charge is -2.11. The Morgan fingerprint density at radius 2 is 1.93 bits per heavy atom. The zero-order valence-electron chi connectivity index (χ0n) is 16.0. The number of benzene rings is 2. The molecule has 0 saturated heterocycles. The van der Waals surface area contributed by atoms with Gasteiger partial charge in [-0.25, -0.2) is 9.78 Å². The van der Waals surface area contributed by atoms with E-state index in [1.54, 1.807) is 10.6 Å². The monoisotopic (exact) mass is 416 g/mol. The van der Waals surface area contributed by atoms with Gasteiger partial charge in [-0.05, 0) is 48.7 Å². The Morgan fingerprint density at radius 1 is 1.10 bits per heavy atom. The molecule has 0 saturated carbocycles. The Balaban J connectivity index is 1.56. The molecule has 30 heavy (non-hydrogen) atoms. The maximum atomic E-state index is 12.8. The third-order valence-electron chi connectivity index (χ3n) is 5.18. The van der Waals surface area contributed by atoms with Crippen LogP contribution in [0.5, 0.6) is 0 Å². The number of carbonyl (C=O) groups is 1. The maximum absolute atomic E-state index is 12.8. The smallest absolute Gasteiger partial charge is 0.416 e. The SMILES string of the molecule is O=C(OCc1cccc(C(F)(F)F)c1)c1ccc2c(=O)n3c(nc2c1)CCCCC3. The van der Waals surface area contributed by atoms with Gasteiger partial charge in [-0.15, -0.1) is 0 Å². The van der Waals surface area contributed by atoms with Crippen molar-refractivity contribution in [2.45, 2.75) is 45.0 Å². The molecule has 0 radical (unpaired) electrons. The molecule has 1 aromatic heterocycles. The Morgan fingerprint density at radius 3 is 2.73 bits per heavy atom. The summed E-state index contributed by atoms with van der Waals surface area (Å²) in [5.74, 6) is 0.0191. The van der Waals surface area contributed by atoms with E-state index in [0.717, 1.165) is 31.4 Å². The van der Waals surface area contributed by atoms with Crippen molar-refractivity contribution in [1.29, 1.82) is 0 Å². The van der Waals surface area contributed by atoms with E-state index in [0.29, 0.717) is 29.7 Å². The third kappa shape index (κ3) is 4.08. The first-order valence-corrected chi connectivity index (χ1v) is 9.70. The summed E-state index contributed by atoms with van der Waals surface area (Å²) in [6.07, 6.45) is -0.839. The second-order valence-electron chi connectivity index (χ2n) is 7.30. The average molecular weight is 416 g/mol. The number of aryl methyl sites for hydroxylation is 1. The molecule has 8 heteroatoms. The van der Waals surface area contributed by atoms with Crippen molar-refractivity contribution >= 4 is 16.9 Å². The number of ether oxygens (including phenoxy) is 1. The number of hydrogen-bond acceptors (Lipinski definition) is 4. The summed E-state index contributed by atoms with van der Waals surface area (Å²) in [6, 6.07) is 9.16. The number of esters is 1. The third-order valence-corrected chi connectivity index (χ3v) is 5.18. The summed E-state index contributed by atoms with van der Waals surface area (Å²) in [5, 5.41) is 0.426. The van der Waals surface area contributed by atoms with Crippen LogP contribution in [0.3, 0.4) is 0 Å². The molecule has 2 heterocycles. The summed E-state index contributed by atoms with van der Waals surface area (Å²) < 4.78 is 45.3. The Bertz CT molecular complexity index is 1170. The van der Waals surface area contributed by atoms with Crippen LogP contribution in [0, 0.1) is 0 Å². The van der Waals surface area contributed by atoms with Crippen LogP contribution < -0.4 is 5.56 Å². The van der Waals surface area contributed by atoms with Crippen LogP contribution in [-0.4, -0.2) is 15.5 Å². The molecule has 2 aromatic carbocycles. The fourth-order valence-corrected chi connectivity index (χ4v) is 3.61. The van der Waals surface area contributed by atoms with E-state index >= 15 is 0 Å². The minimum Gasteiger partial charge on any atom is -0.457 e. The van der Waals surface area contributed by atoms with Gasteiger partial charge >= 0.3 is 12.1 Å². The van der Waals surface area contributed by atoms with E-state index in [4.69, 9.17) is 4.74 Å². The van der Waals surface area contributed by atoms with Gasteiger partial charge in [0.2, 0.25) is 0 Å². The summed E-state index contributed by atoms with van der Waals surface area (Å²) in [7, 11) is 0. The molecular weight excluding hydrogens is 397 g/mol. The largest absolute Gasteiger partial charge is 0.457 e. The molecule has 4 rings (SSSR count). The molecule has 5 nitrogen and oxygen atoms in total. The fraction of sp³-hybridized carbons (Fsp3) is 0.318. The quantitative estimate of drug-likeness (QED) is 0.590. The second-order valence-corrected chi connectivity index (χ2v) is 7.30. The Labute approximate surface area is 170 Å². The number of rotatable bonds is 3. The zero-order chi connectivity index (χ0) is 21.3. The van der Waals surface area contributed by atoms with Crippen molar-refractivity contribution in [3.63, 3.8) is 0 Å². The Hall–Kier alpha value is -3.16. The van der Waals surface area contributed by atoms with Crippen molar-refractivity contribution in [2.24, 2.45) is 0 Å². The Kier molecular flexibility index (Phi) is 5.32. The van der Waals surface area contributed by atoms with E-state index in [1.165, 1.54) is 24.3 Å². The first-order chi connectivity index (χ1) is 14.3. The van der Waals surface area contributed by atoms with Gasteiger partial charge in [-0.3, -0.25) is 9.36 Å². The lowest BCUT2D eigenvalue weighted by molar-refractivity contribution is -0.137. The van der Waals surface area contributed by atoms with Crippen molar-refractivity contribution in [3.8, 4) is 0 Å². The van der Waals surface area contributed by atoms with Crippen LogP contribution in [0.1, 0.15) is 46.6 Å². The van der Waals surface area contributed by atoms with Gasteiger partial charge in [0, 0.05) is 13.0 Å². The highest BCUT2D eigenvalue weighted by molar-refractivity contribution is 5.94. The lowest BCUT2D eigenvalue weighted by Crippen LogP contribution is -2.24. The summed E-state index contributed by atoms with van der Waals surface area (Å²) >= 11 is 0. The molecule has 0 unspecified atom stereocenters. The molecule has 1 aliphatic rings. The maximum Gasteiger partial charge on any atom is 0.416 e. The number of alkyl halides is 3. The van der Waals surface area contributed by atoms with Gasteiger partial charge in [0.25, 0.3) is 5.56 Å². The predicted molar refractivity (Wildman–Crippen MR) is 104 cm³/mol. The molecule has 0 spiro atoms. The highest BCUT2D eigenvalue weighted by Gasteiger charge is 2.30. The predicted octanol–water partition coefficient (Wildman–Crippen LogP) is 4.50. The van der Waals surface area contributed by atoms with Crippen LogP contribution in [-0.2, 0) is 30.5 Å². The lowest BCUT2D eigenvalue weighted by atomic mass is 10.1. The molecule has 0 aliphatic carbocycles. The zero-order valence-corrected chi connectivity index (χ0v) is 16.0. The van der Waals surface area contributed by atoms with Gasteiger partial charge in [0.15, 0.2) is 0 Å². The normalized spacial score (nSPS) is 14.2. The standard InChI is InChI=1S/C22H19F3N2O3/c23-22(24,25)16-6-4-5-14(11-16)13-30-21(29)15-8-9-17-18(12-15)26-19-7-2-1-3-10-27(19)20(17)28/h4-6,8-9,11-12H,1-3,7,10,13H2. The van der Waals surface area contributed by atoms with Crippen molar-refractivity contribution in [1.82, 2.24) is 9.55 Å². The van der Waals surface area contributed by atoms with Crippen LogP contribution in [0.15, 0.2) is 47.3 Å². The molecule has 156 valence electrons. The van der Waals surface area contributed by atoms with Crippen LogP contribution >= 0.6 is 0 Å². The van der Waals surface area contributed by atoms with Gasteiger partial charge in [0.05, 0.1) is 22.0 Å². The molecular formula is C22H19F3N2O3. The van der Waals surface area contributed by atoms with E-state index in [2.05, 4.69) is 4.98 Å². The van der Waals surface area contributed by atoms with E-state index < -0.39 is 17.7 Å². The minimum absolute atomic E-state index is 0.124. The average Bonchev–Trinajstić information content (AvgIpc) is 2.97. The number of halogens is 3. The summed E-state index contributed by atoms with van der Waals surface area (Å²) in [5.41, 5.74) is -0.0739. The number of aromatic nitrogens is 2. The molecule has 0 atom stereocenters. The number of hydrogen-bond donors (Lipinski definition) is 0. The number of fused-ring (bicyclic) bond motifs is 2. The van der Waals surface area contributed by atoms with E-state index in [-0.39, 0.29) is 23.3 Å². The van der Waals surface area contributed by atoms with E-state index in [1.807, 2.05) is 0 Å². The van der Waals surface area contributed by atoms with Crippen molar-refractivity contribution in [3.05, 3.63) is 75.3 Å². The van der Waals surface area contributed by atoms with Gasteiger partial charge in [-0.1, -0.05) is 18.6 Å². The highest BCUT2D eigenvalue weighted by atomic mass is 19.4. The first kappa shape index (κ1) is 20.1. The summed E-state index contributed by atoms with van der Waals surface area (Å²) in [4.78, 5) is 29.7. The minimum atomic E-state index is -4.46. The van der Waals surface area contributed by atoms with E-state index in [9.17, 15) is 22.8 Å². The van der Waals surface area contributed by atoms with Crippen molar-refractivity contribution < 1.29 is 22.7 Å². The topological polar surface area (TPSA) is 61.2 Å². The van der Waals surface area contributed by atoms with Gasteiger partial charge in [0.1, 0.15) is 12.4 Å². The first-order valence-electron chi connectivity index (χ1n) is 9.70.